The smallest absolute Gasteiger partial charge is 0.240 e. The van der Waals surface area contributed by atoms with E-state index in [1.54, 1.807) is 18.2 Å². The van der Waals surface area contributed by atoms with Gasteiger partial charge in [-0.1, -0.05) is 60.7 Å². The Morgan fingerprint density at radius 1 is 0.941 bits per heavy atom. The molecule has 0 bridgehead atoms. The van der Waals surface area contributed by atoms with Crippen LogP contribution in [0.5, 0.6) is 0 Å². The molecule has 0 spiro atoms. The van der Waals surface area contributed by atoms with Crippen molar-refractivity contribution in [3.8, 4) is 0 Å². The fourth-order valence-corrected chi connectivity index (χ4v) is 4.96. The van der Waals surface area contributed by atoms with Crippen molar-refractivity contribution in [3.63, 3.8) is 0 Å². The van der Waals surface area contributed by atoms with Crippen molar-refractivity contribution in [2.45, 2.75) is 38.3 Å². The second-order valence-electron chi connectivity index (χ2n) is 8.23. The molecular formula is C26H28N4O3S. The number of aromatic nitrogens is 2. The summed E-state index contributed by atoms with van der Waals surface area (Å²) >= 11 is 0. The van der Waals surface area contributed by atoms with Gasteiger partial charge in [-0.3, -0.25) is 9.48 Å². The van der Waals surface area contributed by atoms with E-state index in [0.717, 1.165) is 33.3 Å². The van der Waals surface area contributed by atoms with Crippen LogP contribution in [0, 0.1) is 13.8 Å². The first-order valence-electron chi connectivity index (χ1n) is 11.2. The largest absolute Gasteiger partial charge is 0.352 e. The highest BCUT2D eigenvalue weighted by Gasteiger charge is 2.16. The Morgan fingerprint density at radius 2 is 1.65 bits per heavy atom. The van der Waals surface area contributed by atoms with Gasteiger partial charge in [0.15, 0.2) is 0 Å². The third kappa shape index (κ3) is 5.52. The molecule has 7 nitrogen and oxygen atoms in total. The molecule has 1 heterocycles. The van der Waals surface area contributed by atoms with Gasteiger partial charge in [0.25, 0.3) is 0 Å². The second-order valence-corrected chi connectivity index (χ2v) is 9.99. The first-order valence-corrected chi connectivity index (χ1v) is 12.6. The number of benzene rings is 3. The van der Waals surface area contributed by atoms with Gasteiger partial charge in [0.2, 0.25) is 15.9 Å². The summed E-state index contributed by atoms with van der Waals surface area (Å²) < 4.78 is 29.7. The van der Waals surface area contributed by atoms with Crippen molar-refractivity contribution in [1.29, 1.82) is 0 Å². The molecule has 2 N–H and O–H groups in total. The normalized spacial score (nSPS) is 11.6. The molecule has 0 fully saturated rings. The fourth-order valence-electron chi connectivity index (χ4n) is 3.89. The minimum Gasteiger partial charge on any atom is -0.352 e. The van der Waals surface area contributed by atoms with E-state index in [1.165, 1.54) is 0 Å². The number of sulfonamides is 1. The van der Waals surface area contributed by atoms with Gasteiger partial charge >= 0.3 is 0 Å². The molecule has 0 aliphatic rings. The van der Waals surface area contributed by atoms with Crippen LogP contribution in [0.3, 0.4) is 0 Å². The summed E-state index contributed by atoms with van der Waals surface area (Å²) in [7, 11) is -3.70. The standard InChI is InChI=1S/C26H28N4O3S/c1-19-25(20(2)30(29-19)18-21-8-4-3-5-9-21)17-27-26(31)14-15-28-34(32,33)24-13-12-22-10-6-7-11-23(22)16-24/h3-13,16,28H,14-15,17-18H2,1-2H3,(H,27,31). The van der Waals surface area contributed by atoms with Crippen LogP contribution in [0.15, 0.2) is 77.7 Å². The van der Waals surface area contributed by atoms with Crippen molar-refractivity contribution in [2.24, 2.45) is 0 Å². The molecule has 1 aromatic heterocycles. The number of fused-ring (bicyclic) bond motifs is 1. The fraction of sp³-hybridized carbons (Fsp3) is 0.231. The van der Waals surface area contributed by atoms with Crippen LogP contribution in [-0.4, -0.2) is 30.7 Å². The molecule has 0 saturated carbocycles. The van der Waals surface area contributed by atoms with Crippen molar-refractivity contribution < 1.29 is 13.2 Å². The molecule has 34 heavy (non-hydrogen) atoms. The number of rotatable bonds is 9. The van der Waals surface area contributed by atoms with E-state index in [-0.39, 0.29) is 23.8 Å². The van der Waals surface area contributed by atoms with E-state index < -0.39 is 10.0 Å². The molecule has 4 rings (SSSR count). The van der Waals surface area contributed by atoms with Gasteiger partial charge in [-0.15, -0.1) is 0 Å². The predicted octanol–water partition coefficient (Wildman–Crippen LogP) is 3.69. The van der Waals surface area contributed by atoms with E-state index in [9.17, 15) is 13.2 Å². The van der Waals surface area contributed by atoms with Crippen LogP contribution < -0.4 is 10.0 Å². The Labute approximate surface area is 199 Å². The predicted molar refractivity (Wildman–Crippen MR) is 133 cm³/mol. The maximum absolute atomic E-state index is 12.6. The van der Waals surface area contributed by atoms with Crippen molar-refractivity contribution in [2.75, 3.05) is 6.54 Å². The van der Waals surface area contributed by atoms with Crippen molar-refractivity contribution >= 4 is 26.7 Å². The number of nitrogens with one attached hydrogen (secondary N) is 2. The Balaban J connectivity index is 1.30. The van der Waals surface area contributed by atoms with Gasteiger partial charge in [0.05, 0.1) is 17.1 Å². The zero-order valence-corrected chi connectivity index (χ0v) is 20.1. The van der Waals surface area contributed by atoms with E-state index >= 15 is 0 Å². The summed E-state index contributed by atoms with van der Waals surface area (Å²) in [6, 6.07) is 22.6. The summed E-state index contributed by atoms with van der Waals surface area (Å²) in [5.74, 6) is -0.226. The minimum absolute atomic E-state index is 0.0201. The number of aryl methyl sites for hydroxylation is 1. The van der Waals surface area contributed by atoms with E-state index in [0.29, 0.717) is 13.1 Å². The SMILES string of the molecule is Cc1nn(Cc2ccccc2)c(C)c1CNC(=O)CCNS(=O)(=O)c1ccc2ccccc2c1. The molecular weight excluding hydrogens is 448 g/mol. The van der Waals surface area contributed by atoms with Gasteiger partial charge < -0.3 is 5.32 Å². The molecule has 1 amide bonds. The maximum Gasteiger partial charge on any atom is 0.240 e. The molecule has 0 atom stereocenters. The lowest BCUT2D eigenvalue weighted by atomic mass is 10.1. The Bertz CT molecular complexity index is 1410. The van der Waals surface area contributed by atoms with Gasteiger partial charge in [-0.2, -0.15) is 5.10 Å². The molecule has 4 aromatic rings. The number of amides is 1. The molecule has 176 valence electrons. The van der Waals surface area contributed by atoms with Gasteiger partial charge in [-0.25, -0.2) is 13.1 Å². The number of hydrogen-bond acceptors (Lipinski definition) is 4. The highest BCUT2D eigenvalue weighted by Crippen LogP contribution is 2.19. The second kappa shape index (κ2) is 10.2. The molecule has 0 unspecified atom stereocenters. The van der Waals surface area contributed by atoms with Crippen LogP contribution >= 0.6 is 0 Å². The van der Waals surface area contributed by atoms with Crippen molar-refractivity contribution in [3.05, 3.63) is 95.3 Å². The molecule has 0 aliphatic heterocycles. The molecule has 0 aliphatic carbocycles. The lowest BCUT2D eigenvalue weighted by Gasteiger charge is -2.09. The molecule has 3 aromatic carbocycles. The highest BCUT2D eigenvalue weighted by molar-refractivity contribution is 7.89. The van der Waals surface area contributed by atoms with Crippen LogP contribution in [0.4, 0.5) is 0 Å². The quantitative estimate of drug-likeness (QED) is 0.385. The first-order chi connectivity index (χ1) is 16.3. The third-order valence-electron chi connectivity index (χ3n) is 5.84. The average molecular weight is 477 g/mol. The number of carbonyl (C=O) groups is 1. The topological polar surface area (TPSA) is 93.1 Å². The summed E-state index contributed by atoms with van der Waals surface area (Å²) in [5, 5.41) is 9.31. The van der Waals surface area contributed by atoms with E-state index in [4.69, 9.17) is 0 Å². The summed E-state index contributed by atoms with van der Waals surface area (Å²) in [6.45, 7) is 4.95. The summed E-state index contributed by atoms with van der Waals surface area (Å²) in [4.78, 5) is 12.5. The average Bonchev–Trinajstić information content (AvgIpc) is 3.10. The molecule has 0 saturated heterocycles. The van der Waals surface area contributed by atoms with Crippen LogP contribution in [0.25, 0.3) is 10.8 Å². The third-order valence-corrected chi connectivity index (χ3v) is 7.30. The van der Waals surface area contributed by atoms with Crippen LogP contribution in [0.2, 0.25) is 0 Å². The highest BCUT2D eigenvalue weighted by atomic mass is 32.2. The van der Waals surface area contributed by atoms with Gasteiger partial charge in [0.1, 0.15) is 0 Å². The lowest BCUT2D eigenvalue weighted by molar-refractivity contribution is -0.121. The zero-order chi connectivity index (χ0) is 24.1. The Morgan fingerprint density at radius 3 is 2.41 bits per heavy atom. The molecule has 8 heteroatoms. The number of hydrogen-bond donors (Lipinski definition) is 2. The maximum atomic E-state index is 12.6. The van der Waals surface area contributed by atoms with E-state index in [1.807, 2.05) is 61.0 Å². The lowest BCUT2D eigenvalue weighted by Crippen LogP contribution is -2.30. The number of nitrogens with zero attached hydrogens (tertiary/aromatic N) is 2. The van der Waals surface area contributed by atoms with E-state index in [2.05, 4.69) is 27.3 Å². The van der Waals surface area contributed by atoms with Crippen LogP contribution in [0.1, 0.15) is 28.9 Å². The van der Waals surface area contributed by atoms with Crippen LogP contribution in [-0.2, 0) is 27.9 Å². The zero-order valence-electron chi connectivity index (χ0n) is 19.3. The van der Waals surface area contributed by atoms with Gasteiger partial charge in [0, 0.05) is 30.8 Å². The summed E-state index contributed by atoms with van der Waals surface area (Å²) in [5.41, 5.74) is 3.99. The number of carbonyl (C=O) groups excluding carboxylic acids is 1. The minimum atomic E-state index is -3.70. The Hall–Kier alpha value is -3.49. The summed E-state index contributed by atoms with van der Waals surface area (Å²) in [6.07, 6.45) is 0.0447. The van der Waals surface area contributed by atoms with Crippen molar-refractivity contribution in [1.82, 2.24) is 19.8 Å². The Kier molecular flexibility index (Phi) is 7.09. The van der Waals surface area contributed by atoms with Gasteiger partial charge in [-0.05, 0) is 42.3 Å². The monoisotopic (exact) mass is 476 g/mol. The first kappa shape index (κ1) is 23.7. The molecule has 0 radical (unpaired) electrons.